The monoisotopic (exact) mass is 324 g/mol. The molecule has 3 aromatic rings. The van der Waals surface area contributed by atoms with E-state index in [9.17, 15) is 4.79 Å². The predicted molar refractivity (Wildman–Crippen MR) is 83.3 cm³/mol. The number of amides is 1. The van der Waals surface area contributed by atoms with E-state index in [0.29, 0.717) is 0 Å². The number of nitriles is 1. The fourth-order valence-electron chi connectivity index (χ4n) is 2.09. The van der Waals surface area contributed by atoms with Crippen LogP contribution in [0.1, 0.15) is 22.4 Å². The van der Waals surface area contributed by atoms with Crippen LogP contribution in [0, 0.1) is 11.3 Å². The first kappa shape index (κ1) is 14.9. The topological polar surface area (TPSA) is 96.5 Å². The van der Waals surface area contributed by atoms with Gasteiger partial charge < -0.3 is 5.32 Å². The summed E-state index contributed by atoms with van der Waals surface area (Å²) in [5.74, 6) is -0.194. The lowest BCUT2D eigenvalue weighted by Crippen LogP contribution is -2.32. The van der Waals surface area contributed by atoms with Gasteiger partial charge in [0.25, 0.3) is 5.82 Å². The summed E-state index contributed by atoms with van der Waals surface area (Å²) in [6.45, 7) is -0.0105. The summed E-state index contributed by atoms with van der Waals surface area (Å²) >= 11 is 1.48. The number of carbonyl (C=O) groups excluding carboxylic acids is 1. The van der Waals surface area contributed by atoms with Crippen LogP contribution in [-0.2, 0) is 11.3 Å². The lowest BCUT2D eigenvalue weighted by atomic mass is 10.1. The van der Waals surface area contributed by atoms with Gasteiger partial charge in [0.05, 0.1) is 0 Å². The second-order valence-electron chi connectivity index (χ2n) is 4.66. The molecule has 0 bridgehead atoms. The predicted octanol–water partition coefficient (Wildman–Crippen LogP) is 1.51. The van der Waals surface area contributed by atoms with Crippen LogP contribution in [0.25, 0.3) is 0 Å². The van der Waals surface area contributed by atoms with Crippen molar-refractivity contribution in [2.45, 2.75) is 12.6 Å². The number of benzene rings is 1. The van der Waals surface area contributed by atoms with Crippen molar-refractivity contribution in [2.75, 3.05) is 0 Å². The van der Waals surface area contributed by atoms with Crippen LogP contribution in [0.3, 0.4) is 0 Å². The molecule has 1 aromatic carbocycles. The van der Waals surface area contributed by atoms with Gasteiger partial charge in [-0.25, -0.2) is 14.6 Å². The zero-order valence-corrected chi connectivity index (χ0v) is 12.8. The van der Waals surface area contributed by atoms with E-state index in [1.54, 1.807) is 6.20 Å². The molecule has 0 aliphatic rings. The molecule has 0 aliphatic carbocycles. The van der Waals surface area contributed by atoms with Crippen LogP contribution >= 0.6 is 11.3 Å². The van der Waals surface area contributed by atoms with Crippen molar-refractivity contribution in [3.8, 4) is 6.07 Å². The molecule has 0 unspecified atom stereocenters. The highest BCUT2D eigenvalue weighted by molar-refractivity contribution is 7.09. The first-order valence-electron chi connectivity index (χ1n) is 6.79. The Hall–Kier alpha value is -3.05. The molecule has 3 rings (SSSR count). The average molecular weight is 324 g/mol. The van der Waals surface area contributed by atoms with Gasteiger partial charge in [0, 0.05) is 11.6 Å². The maximum atomic E-state index is 12.3. The molecule has 0 saturated carbocycles. The summed E-state index contributed by atoms with van der Waals surface area (Å²) in [4.78, 5) is 20.4. The quantitative estimate of drug-likeness (QED) is 0.767. The zero-order chi connectivity index (χ0) is 16.1. The smallest absolute Gasteiger partial charge is 0.252 e. The summed E-state index contributed by atoms with van der Waals surface area (Å²) < 4.78 is 1.33. The van der Waals surface area contributed by atoms with Crippen molar-refractivity contribution in [2.24, 2.45) is 0 Å². The third kappa shape index (κ3) is 3.59. The highest BCUT2D eigenvalue weighted by atomic mass is 32.1. The van der Waals surface area contributed by atoms with Gasteiger partial charge in [0.2, 0.25) is 5.91 Å². The summed E-state index contributed by atoms with van der Waals surface area (Å²) in [6.07, 6.45) is 3.07. The molecule has 1 amide bonds. The van der Waals surface area contributed by atoms with Crippen LogP contribution in [0.2, 0.25) is 0 Å². The molecule has 23 heavy (non-hydrogen) atoms. The molecule has 7 nitrogen and oxygen atoms in total. The Bertz CT molecular complexity index is 821. The van der Waals surface area contributed by atoms with E-state index in [0.717, 1.165) is 10.6 Å². The maximum absolute atomic E-state index is 12.3. The van der Waals surface area contributed by atoms with Crippen LogP contribution in [0.5, 0.6) is 0 Å². The van der Waals surface area contributed by atoms with E-state index < -0.39 is 0 Å². The van der Waals surface area contributed by atoms with Crippen LogP contribution in [0.15, 0.2) is 48.2 Å². The fourth-order valence-corrected chi connectivity index (χ4v) is 2.80. The molecular weight excluding hydrogens is 312 g/mol. The highest BCUT2D eigenvalue weighted by Gasteiger charge is 2.19. The molecule has 114 valence electrons. The Morgan fingerprint density at radius 3 is 2.83 bits per heavy atom. The van der Waals surface area contributed by atoms with Crippen LogP contribution < -0.4 is 5.32 Å². The van der Waals surface area contributed by atoms with Crippen molar-refractivity contribution in [1.29, 1.82) is 5.26 Å². The van der Waals surface area contributed by atoms with Crippen molar-refractivity contribution in [3.05, 3.63) is 64.6 Å². The van der Waals surface area contributed by atoms with Gasteiger partial charge in [-0.2, -0.15) is 5.26 Å². The van der Waals surface area contributed by atoms with Gasteiger partial charge in [0.1, 0.15) is 30.0 Å². The molecule has 8 heteroatoms. The second-order valence-corrected chi connectivity index (χ2v) is 5.59. The summed E-state index contributed by atoms with van der Waals surface area (Å²) in [7, 11) is 0. The number of rotatable bonds is 5. The lowest BCUT2D eigenvalue weighted by Gasteiger charge is -2.17. The largest absolute Gasteiger partial charge is 0.341 e. The number of aromatic nitrogens is 4. The highest BCUT2D eigenvalue weighted by Crippen LogP contribution is 2.23. The molecule has 0 fully saturated rings. The first-order chi connectivity index (χ1) is 11.3. The van der Waals surface area contributed by atoms with E-state index in [1.807, 2.05) is 41.8 Å². The Morgan fingerprint density at radius 2 is 2.17 bits per heavy atom. The third-order valence-corrected chi connectivity index (χ3v) is 3.92. The van der Waals surface area contributed by atoms with E-state index in [-0.39, 0.29) is 24.3 Å². The minimum atomic E-state index is -0.317. The molecule has 2 aromatic heterocycles. The SMILES string of the molecule is N#Cc1ncn(CC(=O)N[C@H](c2ccccc2)c2nccs2)n1. The first-order valence-corrected chi connectivity index (χ1v) is 7.67. The van der Waals surface area contributed by atoms with Crippen LogP contribution in [-0.4, -0.2) is 25.7 Å². The summed E-state index contributed by atoms with van der Waals surface area (Å²) in [6, 6.07) is 11.1. The minimum absolute atomic E-state index is 0.0105. The van der Waals surface area contributed by atoms with Crippen molar-refractivity contribution in [3.63, 3.8) is 0 Å². The zero-order valence-electron chi connectivity index (χ0n) is 12.0. The molecule has 2 heterocycles. The Balaban J connectivity index is 1.76. The van der Waals surface area contributed by atoms with Gasteiger partial charge >= 0.3 is 0 Å². The van der Waals surface area contributed by atoms with E-state index in [1.165, 1.54) is 22.3 Å². The standard InChI is InChI=1S/C15H12N6OS/c16-8-12-18-10-21(20-12)9-13(22)19-14(15-17-6-7-23-15)11-4-2-1-3-5-11/h1-7,10,14H,9H2,(H,19,22)/t14-/m1/s1. The molecule has 0 saturated heterocycles. The third-order valence-electron chi connectivity index (χ3n) is 3.08. The Morgan fingerprint density at radius 1 is 1.35 bits per heavy atom. The van der Waals surface area contributed by atoms with Crippen molar-refractivity contribution < 1.29 is 4.79 Å². The Labute approximate surface area is 136 Å². The Kier molecular flexibility index (Phi) is 4.40. The molecular formula is C15H12N6OS. The molecule has 1 N–H and O–H groups in total. The van der Waals surface area contributed by atoms with Gasteiger partial charge in [-0.15, -0.1) is 16.4 Å². The van der Waals surface area contributed by atoms with E-state index >= 15 is 0 Å². The molecule has 0 radical (unpaired) electrons. The van der Waals surface area contributed by atoms with Gasteiger partial charge in [-0.3, -0.25) is 4.79 Å². The number of hydrogen-bond donors (Lipinski definition) is 1. The number of carbonyl (C=O) groups is 1. The summed E-state index contributed by atoms with van der Waals surface area (Å²) in [5.41, 5.74) is 0.951. The average Bonchev–Trinajstić information content (AvgIpc) is 3.25. The molecule has 0 aliphatic heterocycles. The van der Waals surface area contributed by atoms with Gasteiger partial charge in [0.15, 0.2) is 0 Å². The second kappa shape index (κ2) is 6.81. The maximum Gasteiger partial charge on any atom is 0.252 e. The number of hydrogen-bond acceptors (Lipinski definition) is 6. The molecule has 1 atom stereocenters. The van der Waals surface area contributed by atoms with Gasteiger partial charge in [-0.1, -0.05) is 30.3 Å². The van der Waals surface area contributed by atoms with Crippen molar-refractivity contribution in [1.82, 2.24) is 25.1 Å². The lowest BCUT2D eigenvalue weighted by molar-refractivity contribution is -0.122. The van der Waals surface area contributed by atoms with Crippen molar-refractivity contribution >= 4 is 17.2 Å². The van der Waals surface area contributed by atoms with E-state index in [2.05, 4.69) is 20.4 Å². The number of nitrogens with zero attached hydrogens (tertiary/aromatic N) is 5. The number of thiazole rings is 1. The fraction of sp³-hybridized carbons (Fsp3) is 0.133. The number of nitrogens with one attached hydrogen (secondary N) is 1. The molecule has 0 spiro atoms. The minimum Gasteiger partial charge on any atom is -0.341 e. The van der Waals surface area contributed by atoms with E-state index in [4.69, 9.17) is 5.26 Å². The summed E-state index contributed by atoms with van der Waals surface area (Å²) in [5, 5.41) is 18.2. The van der Waals surface area contributed by atoms with Gasteiger partial charge in [-0.05, 0) is 5.56 Å². The van der Waals surface area contributed by atoms with Crippen LogP contribution in [0.4, 0.5) is 0 Å². The normalized spacial score (nSPS) is 11.6.